The van der Waals surface area contributed by atoms with Crippen LogP contribution in [0.15, 0.2) is 47.3 Å². The Labute approximate surface area is 229 Å². The van der Waals surface area contributed by atoms with Crippen molar-refractivity contribution in [3.05, 3.63) is 80.9 Å². The van der Waals surface area contributed by atoms with Gasteiger partial charge in [-0.3, -0.25) is 14.6 Å². The van der Waals surface area contributed by atoms with E-state index in [1.165, 1.54) is 5.56 Å². The molecule has 0 saturated carbocycles. The van der Waals surface area contributed by atoms with E-state index >= 15 is 0 Å². The number of hydrogen-bond donors (Lipinski definition) is 1. The van der Waals surface area contributed by atoms with E-state index in [0.717, 1.165) is 66.9 Å². The number of piperazine rings is 1. The third-order valence-electron chi connectivity index (χ3n) is 8.26. The van der Waals surface area contributed by atoms with Crippen molar-refractivity contribution < 1.29 is 4.74 Å². The van der Waals surface area contributed by atoms with Gasteiger partial charge in [0.25, 0.3) is 5.56 Å². The molecular formula is C30H39N7O2. The molecule has 3 heterocycles. The molecule has 4 aromatic rings. The molecule has 0 spiro atoms. The van der Waals surface area contributed by atoms with Crippen LogP contribution in [-0.2, 0) is 12.1 Å². The van der Waals surface area contributed by atoms with Crippen molar-refractivity contribution in [3.8, 4) is 5.75 Å². The van der Waals surface area contributed by atoms with Gasteiger partial charge in [-0.1, -0.05) is 31.2 Å². The fraction of sp³-hybridized carbons (Fsp3) is 0.467. The van der Waals surface area contributed by atoms with Crippen LogP contribution in [0.4, 0.5) is 0 Å². The molecule has 2 aromatic carbocycles. The number of methoxy groups -OCH3 is 1. The summed E-state index contributed by atoms with van der Waals surface area (Å²) in [4.78, 5) is 21.7. The monoisotopic (exact) mass is 529 g/mol. The van der Waals surface area contributed by atoms with Crippen molar-refractivity contribution >= 4 is 10.9 Å². The molecule has 1 N–H and O–H groups in total. The molecule has 206 valence electrons. The minimum absolute atomic E-state index is 0.0936. The van der Waals surface area contributed by atoms with Gasteiger partial charge in [-0.05, 0) is 79.4 Å². The highest BCUT2D eigenvalue weighted by molar-refractivity contribution is 5.85. The Morgan fingerprint density at radius 3 is 2.51 bits per heavy atom. The summed E-state index contributed by atoms with van der Waals surface area (Å²) in [7, 11) is 1.70. The van der Waals surface area contributed by atoms with Gasteiger partial charge in [0.05, 0.1) is 18.2 Å². The van der Waals surface area contributed by atoms with Gasteiger partial charge in [0, 0.05) is 43.7 Å². The molecule has 0 aliphatic carbocycles. The number of nitrogens with zero attached hydrogens (tertiary/aromatic N) is 6. The molecule has 5 rings (SSSR count). The lowest BCUT2D eigenvalue weighted by Crippen LogP contribution is -2.49. The standard InChI is InChI=1S/C30H39N7O2/c1-7-30(4,5)37-28(32-33-34-37)27(25-18-24-20(2)11-12-21(3)26(24)31-29(25)38)36-15-13-35(14-16-36)19-22-9-8-10-23(17-22)39-6/h8-12,17-18,27H,7,13-16,19H2,1-6H3,(H,31,38). The third-order valence-corrected chi connectivity index (χ3v) is 8.26. The van der Waals surface area contributed by atoms with Gasteiger partial charge < -0.3 is 9.72 Å². The quantitative estimate of drug-likeness (QED) is 0.366. The molecule has 1 aliphatic heterocycles. The SMILES string of the molecule is CCC(C)(C)n1nnnc1C(c1cc2c(C)ccc(C)c2[nH]c1=O)N1CCN(Cc2cccc(OC)c2)CC1. The molecule has 2 aromatic heterocycles. The van der Waals surface area contributed by atoms with Gasteiger partial charge >= 0.3 is 0 Å². The van der Waals surface area contributed by atoms with Crippen LogP contribution in [0.1, 0.15) is 61.3 Å². The second-order valence-electron chi connectivity index (χ2n) is 11.2. The van der Waals surface area contributed by atoms with E-state index in [1.807, 2.05) is 23.7 Å². The number of nitrogens with one attached hydrogen (secondary N) is 1. The van der Waals surface area contributed by atoms with Crippen molar-refractivity contribution in [2.45, 2.75) is 59.2 Å². The van der Waals surface area contributed by atoms with E-state index in [1.54, 1.807) is 7.11 Å². The number of aromatic amines is 1. The molecule has 1 atom stereocenters. The Morgan fingerprint density at radius 2 is 1.79 bits per heavy atom. The molecule has 0 amide bonds. The maximum Gasteiger partial charge on any atom is 0.253 e. The van der Waals surface area contributed by atoms with E-state index in [9.17, 15) is 4.79 Å². The molecular weight excluding hydrogens is 490 g/mol. The zero-order chi connectivity index (χ0) is 27.7. The summed E-state index contributed by atoms with van der Waals surface area (Å²) in [6.45, 7) is 14.7. The largest absolute Gasteiger partial charge is 0.497 e. The zero-order valence-corrected chi connectivity index (χ0v) is 23.9. The smallest absolute Gasteiger partial charge is 0.253 e. The van der Waals surface area contributed by atoms with Gasteiger partial charge in [0.1, 0.15) is 11.8 Å². The molecule has 39 heavy (non-hydrogen) atoms. The summed E-state index contributed by atoms with van der Waals surface area (Å²) in [6.07, 6.45) is 0.860. The van der Waals surface area contributed by atoms with E-state index < -0.39 is 0 Å². The number of aromatic nitrogens is 5. The number of H-pyrrole nitrogens is 1. The Balaban J connectivity index is 1.52. The van der Waals surface area contributed by atoms with Crippen molar-refractivity contribution in [3.63, 3.8) is 0 Å². The topological polar surface area (TPSA) is 92.2 Å². The first-order valence-electron chi connectivity index (χ1n) is 13.7. The molecule has 0 bridgehead atoms. The fourth-order valence-corrected chi connectivity index (χ4v) is 5.45. The number of hydrogen-bond acceptors (Lipinski definition) is 7. The normalized spacial score (nSPS) is 16.1. The maximum atomic E-state index is 13.7. The minimum atomic E-state index is -0.363. The number of rotatable bonds is 8. The van der Waals surface area contributed by atoms with Crippen molar-refractivity contribution in [1.82, 2.24) is 35.0 Å². The van der Waals surface area contributed by atoms with Crippen LogP contribution in [0.25, 0.3) is 10.9 Å². The van der Waals surface area contributed by atoms with Crippen LogP contribution < -0.4 is 10.3 Å². The lowest BCUT2D eigenvalue weighted by atomic mass is 9.97. The van der Waals surface area contributed by atoms with E-state index in [-0.39, 0.29) is 17.1 Å². The first kappa shape index (κ1) is 27.0. The van der Waals surface area contributed by atoms with Gasteiger partial charge in [-0.15, -0.1) is 5.10 Å². The van der Waals surface area contributed by atoms with Crippen LogP contribution >= 0.6 is 0 Å². The predicted octanol–water partition coefficient (Wildman–Crippen LogP) is 4.19. The summed E-state index contributed by atoms with van der Waals surface area (Å²) in [5, 5.41) is 14.1. The molecule has 1 aliphatic rings. The second kappa shape index (κ2) is 10.9. The Kier molecular flexibility index (Phi) is 7.55. The molecule has 9 heteroatoms. The second-order valence-corrected chi connectivity index (χ2v) is 11.2. The summed E-state index contributed by atoms with van der Waals surface area (Å²) in [5.41, 5.74) is 4.59. The van der Waals surface area contributed by atoms with E-state index in [0.29, 0.717) is 11.4 Å². The first-order chi connectivity index (χ1) is 18.7. The summed E-state index contributed by atoms with van der Waals surface area (Å²) in [6, 6.07) is 14.1. The summed E-state index contributed by atoms with van der Waals surface area (Å²) in [5.74, 6) is 1.58. The number of tetrazole rings is 1. The van der Waals surface area contributed by atoms with Crippen LogP contribution in [0.5, 0.6) is 5.75 Å². The molecule has 9 nitrogen and oxygen atoms in total. The summed E-state index contributed by atoms with van der Waals surface area (Å²) < 4.78 is 7.32. The lowest BCUT2D eigenvalue weighted by Gasteiger charge is -2.39. The number of benzene rings is 2. The van der Waals surface area contributed by atoms with Gasteiger partial charge in [0.15, 0.2) is 5.82 Å². The minimum Gasteiger partial charge on any atom is -0.497 e. The average molecular weight is 530 g/mol. The Morgan fingerprint density at radius 1 is 1.05 bits per heavy atom. The number of aryl methyl sites for hydroxylation is 2. The van der Waals surface area contributed by atoms with Gasteiger partial charge in [-0.25, -0.2) is 4.68 Å². The first-order valence-corrected chi connectivity index (χ1v) is 13.7. The van der Waals surface area contributed by atoms with Crippen LogP contribution in [0, 0.1) is 13.8 Å². The number of pyridine rings is 1. The van der Waals surface area contributed by atoms with E-state index in [4.69, 9.17) is 4.74 Å². The van der Waals surface area contributed by atoms with Crippen LogP contribution in [0.3, 0.4) is 0 Å². The molecule has 1 saturated heterocycles. The van der Waals surface area contributed by atoms with Crippen molar-refractivity contribution in [2.75, 3.05) is 33.3 Å². The molecule has 1 unspecified atom stereocenters. The zero-order valence-electron chi connectivity index (χ0n) is 23.9. The number of fused-ring (bicyclic) bond motifs is 1. The van der Waals surface area contributed by atoms with Crippen molar-refractivity contribution in [1.29, 1.82) is 0 Å². The highest BCUT2D eigenvalue weighted by Gasteiger charge is 2.35. The fourth-order valence-electron chi connectivity index (χ4n) is 5.45. The highest BCUT2D eigenvalue weighted by atomic mass is 16.5. The van der Waals surface area contributed by atoms with Crippen LogP contribution in [0.2, 0.25) is 0 Å². The van der Waals surface area contributed by atoms with Gasteiger partial charge in [0.2, 0.25) is 0 Å². The van der Waals surface area contributed by atoms with Crippen LogP contribution in [-0.4, -0.2) is 68.3 Å². The predicted molar refractivity (Wildman–Crippen MR) is 153 cm³/mol. The number of ether oxygens (including phenoxy) is 1. The highest BCUT2D eigenvalue weighted by Crippen LogP contribution is 2.32. The molecule has 1 fully saturated rings. The van der Waals surface area contributed by atoms with Crippen molar-refractivity contribution in [2.24, 2.45) is 0 Å². The lowest BCUT2D eigenvalue weighted by molar-refractivity contribution is 0.0968. The average Bonchev–Trinajstić information content (AvgIpc) is 3.43. The third kappa shape index (κ3) is 5.33. The summed E-state index contributed by atoms with van der Waals surface area (Å²) >= 11 is 0. The van der Waals surface area contributed by atoms with Gasteiger partial charge in [-0.2, -0.15) is 0 Å². The Bertz CT molecular complexity index is 1520. The molecule has 0 radical (unpaired) electrons. The Hall–Kier alpha value is -3.56. The van der Waals surface area contributed by atoms with E-state index in [2.05, 4.69) is 88.3 Å². The maximum absolute atomic E-state index is 13.7.